The van der Waals surface area contributed by atoms with Crippen LogP contribution in [0.3, 0.4) is 0 Å². The average Bonchev–Trinajstić information content (AvgIpc) is 2.47. The lowest BCUT2D eigenvalue weighted by Gasteiger charge is -2.13. The SMILES string of the molecule is COc1ccc(C(=C(Cl)Cl)c2ccc(OC)c(N)c2)cc1N. The van der Waals surface area contributed by atoms with Gasteiger partial charge in [-0.2, -0.15) is 0 Å². The molecular weight excluding hydrogens is 323 g/mol. The van der Waals surface area contributed by atoms with Crippen LogP contribution in [-0.2, 0) is 0 Å². The van der Waals surface area contributed by atoms with Crippen LogP contribution in [0.25, 0.3) is 5.57 Å². The highest BCUT2D eigenvalue weighted by Crippen LogP contribution is 2.36. The molecular formula is C16H16Cl2N2O2. The third-order valence-corrected chi connectivity index (χ3v) is 3.60. The Morgan fingerprint density at radius 1 is 0.818 bits per heavy atom. The maximum Gasteiger partial charge on any atom is 0.141 e. The molecule has 22 heavy (non-hydrogen) atoms. The zero-order valence-corrected chi connectivity index (χ0v) is 13.7. The van der Waals surface area contributed by atoms with Gasteiger partial charge in [-0.3, -0.25) is 0 Å². The molecule has 2 aromatic rings. The van der Waals surface area contributed by atoms with Crippen molar-refractivity contribution in [2.75, 3.05) is 25.7 Å². The summed E-state index contributed by atoms with van der Waals surface area (Å²) in [6.07, 6.45) is 0. The molecule has 0 aliphatic rings. The van der Waals surface area contributed by atoms with E-state index >= 15 is 0 Å². The summed E-state index contributed by atoms with van der Waals surface area (Å²) in [5, 5.41) is 0. The first-order chi connectivity index (χ1) is 10.5. The molecule has 0 saturated heterocycles. The van der Waals surface area contributed by atoms with Crippen LogP contribution in [0.15, 0.2) is 40.9 Å². The molecule has 0 heterocycles. The fourth-order valence-electron chi connectivity index (χ4n) is 2.16. The van der Waals surface area contributed by atoms with Crippen LogP contribution in [0.4, 0.5) is 11.4 Å². The first-order valence-electron chi connectivity index (χ1n) is 6.41. The van der Waals surface area contributed by atoms with Crippen molar-refractivity contribution < 1.29 is 9.47 Å². The van der Waals surface area contributed by atoms with Crippen LogP contribution in [0.5, 0.6) is 11.5 Å². The van der Waals surface area contributed by atoms with Gasteiger partial charge in [-0.15, -0.1) is 0 Å². The predicted molar refractivity (Wildman–Crippen MR) is 92.5 cm³/mol. The number of hydrogen-bond acceptors (Lipinski definition) is 4. The van der Waals surface area contributed by atoms with Gasteiger partial charge in [0.05, 0.1) is 25.6 Å². The van der Waals surface area contributed by atoms with E-state index in [-0.39, 0.29) is 4.49 Å². The number of nitrogen functional groups attached to an aromatic ring is 2. The van der Waals surface area contributed by atoms with E-state index < -0.39 is 0 Å². The third-order valence-electron chi connectivity index (χ3n) is 3.23. The van der Waals surface area contributed by atoms with Gasteiger partial charge in [0.1, 0.15) is 16.0 Å². The number of benzene rings is 2. The van der Waals surface area contributed by atoms with Gasteiger partial charge < -0.3 is 20.9 Å². The van der Waals surface area contributed by atoms with E-state index in [1.807, 2.05) is 12.1 Å². The summed E-state index contributed by atoms with van der Waals surface area (Å²) >= 11 is 12.1. The number of halogens is 2. The summed E-state index contributed by atoms with van der Waals surface area (Å²) in [5.41, 5.74) is 15.0. The smallest absolute Gasteiger partial charge is 0.141 e. The van der Waals surface area contributed by atoms with Crippen molar-refractivity contribution in [2.24, 2.45) is 0 Å². The van der Waals surface area contributed by atoms with Crippen LogP contribution in [0, 0.1) is 0 Å². The number of methoxy groups -OCH3 is 2. The van der Waals surface area contributed by atoms with Crippen molar-refractivity contribution in [2.45, 2.75) is 0 Å². The molecule has 0 fully saturated rings. The van der Waals surface area contributed by atoms with E-state index in [1.165, 1.54) is 0 Å². The van der Waals surface area contributed by atoms with E-state index in [0.717, 1.165) is 11.1 Å². The zero-order chi connectivity index (χ0) is 16.3. The van der Waals surface area contributed by atoms with Crippen LogP contribution in [0.1, 0.15) is 11.1 Å². The van der Waals surface area contributed by atoms with E-state index in [4.69, 9.17) is 44.1 Å². The van der Waals surface area contributed by atoms with Crippen molar-refractivity contribution in [3.63, 3.8) is 0 Å². The standard InChI is InChI=1S/C16H16Cl2N2O2/c1-21-13-5-3-9(7-11(13)19)15(16(17)18)10-4-6-14(22-2)12(20)8-10/h3-8H,19-20H2,1-2H3. The molecule has 0 aliphatic heterocycles. The van der Waals surface area contributed by atoms with Crippen LogP contribution in [0.2, 0.25) is 0 Å². The van der Waals surface area contributed by atoms with Gasteiger partial charge in [0, 0.05) is 5.57 Å². The zero-order valence-electron chi connectivity index (χ0n) is 12.2. The molecule has 0 amide bonds. The normalized spacial score (nSPS) is 10.2. The van der Waals surface area contributed by atoms with Gasteiger partial charge in [-0.05, 0) is 35.4 Å². The summed E-state index contributed by atoms with van der Waals surface area (Å²) < 4.78 is 10.4. The summed E-state index contributed by atoms with van der Waals surface area (Å²) in [4.78, 5) is 0. The average molecular weight is 339 g/mol. The van der Waals surface area contributed by atoms with Gasteiger partial charge in [0.25, 0.3) is 0 Å². The number of ether oxygens (including phenoxy) is 2. The molecule has 0 spiro atoms. The fraction of sp³-hybridized carbons (Fsp3) is 0.125. The molecule has 0 unspecified atom stereocenters. The lowest BCUT2D eigenvalue weighted by atomic mass is 9.98. The second kappa shape index (κ2) is 6.81. The molecule has 0 saturated carbocycles. The minimum Gasteiger partial charge on any atom is -0.495 e. The summed E-state index contributed by atoms with van der Waals surface area (Å²) in [6.45, 7) is 0. The topological polar surface area (TPSA) is 70.5 Å². The number of hydrogen-bond donors (Lipinski definition) is 2. The van der Waals surface area contributed by atoms with E-state index in [1.54, 1.807) is 38.5 Å². The number of rotatable bonds is 4. The Kier molecular flexibility index (Phi) is 5.06. The van der Waals surface area contributed by atoms with E-state index in [9.17, 15) is 0 Å². The van der Waals surface area contributed by atoms with Gasteiger partial charge in [0.2, 0.25) is 0 Å². The Labute approximate surface area is 139 Å². The van der Waals surface area contributed by atoms with Crippen molar-refractivity contribution >= 4 is 40.1 Å². The van der Waals surface area contributed by atoms with E-state index in [2.05, 4.69) is 0 Å². The molecule has 0 aliphatic carbocycles. The van der Waals surface area contributed by atoms with Crippen molar-refractivity contribution in [1.82, 2.24) is 0 Å². The van der Waals surface area contributed by atoms with Crippen molar-refractivity contribution in [3.8, 4) is 11.5 Å². The molecule has 2 aromatic carbocycles. The minimum atomic E-state index is 0.120. The van der Waals surface area contributed by atoms with Crippen LogP contribution < -0.4 is 20.9 Å². The summed E-state index contributed by atoms with van der Waals surface area (Å²) in [5.74, 6) is 1.17. The Hall–Kier alpha value is -2.04. The van der Waals surface area contributed by atoms with Gasteiger partial charge in [-0.25, -0.2) is 0 Å². The van der Waals surface area contributed by atoms with Gasteiger partial charge >= 0.3 is 0 Å². The second-order valence-electron chi connectivity index (χ2n) is 4.55. The molecule has 0 atom stereocenters. The predicted octanol–water partition coefficient (Wildman–Crippen LogP) is 4.06. The summed E-state index contributed by atoms with van der Waals surface area (Å²) in [6, 6.07) is 10.7. The van der Waals surface area contributed by atoms with Crippen LogP contribution in [-0.4, -0.2) is 14.2 Å². The fourth-order valence-corrected chi connectivity index (χ4v) is 2.60. The molecule has 2 rings (SSSR count). The highest BCUT2D eigenvalue weighted by molar-refractivity contribution is 6.59. The first kappa shape index (κ1) is 16.3. The lowest BCUT2D eigenvalue weighted by molar-refractivity contribution is 0.417. The highest BCUT2D eigenvalue weighted by atomic mass is 35.5. The molecule has 0 bridgehead atoms. The Morgan fingerprint density at radius 2 is 1.23 bits per heavy atom. The summed E-state index contributed by atoms with van der Waals surface area (Å²) in [7, 11) is 3.11. The largest absolute Gasteiger partial charge is 0.495 e. The molecule has 6 heteroatoms. The van der Waals surface area contributed by atoms with Gasteiger partial charge in [-0.1, -0.05) is 35.3 Å². The maximum absolute atomic E-state index is 6.07. The van der Waals surface area contributed by atoms with Crippen molar-refractivity contribution in [3.05, 3.63) is 52.0 Å². The molecule has 0 aromatic heterocycles. The van der Waals surface area contributed by atoms with Gasteiger partial charge in [0.15, 0.2) is 0 Å². The van der Waals surface area contributed by atoms with E-state index in [0.29, 0.717) is 28.4 Å². The Balaban J connectivity index is 2.55. The first-order valence-corrected chi connectivity index (χ1v) is 7.16. The minimum absolute atomic E-state index is 0.120. The molecule has 4 nitrogen and oxygen atoms in total. The number of nitrogens with two attached hydrogens (primary N) is 2. The van der Waals surface area contributed by atoms with Crippen molar-refractivity contribution in [1.29, 1.82) is 0 Å². The number of anilines is 2. The second-order valence-corrected chi connectivity index (χ2v) is 5.50. The van der Waals surface area contributed by atoms with Crippen LogP contribution >= 0.6 is 23.2 Å². The maximum atomic E-state index is 6.07. The third kappa shape index (κ3) is 3.24. The molecule has 0 radical (unpaired) electrons. The monoisotopic (exact) mass is 338 g/mol. The Bertz CT molecular complexity index is 671. The molecule has 116 valence electrons. The quantitative estimate of drug-likeness (QED) is 0.824. The molecule has 4 N–H and O–H groups in total. The Morgan fingerprint density at radius 3 is 1.50 bits per heavy atom. The lowest BCUT2D eigenvalue weighted by Crippen LogP contribution is -1.97. The highest BCUT2D eigenvalue weighted by Gasteiger charge is 2.13.